The summed E-state index contributed by atoms with van der Waals surface area (Å²) in [6, 6.07) is 5.83. The molecule has 1 atom stereocenters. The molecule has 0 saturated carbocycles. The first-order valence-corrected chi connectivity index (χ1v) is 7.17. The van der Waals surface area contributed by atoms with Gasteiger partial charge in [-0.15, -0.1) is 11.3 Å². The molecule has 0 radical (unpaired) electrons. The molecule has 0 spiro atoms. The van der Waals surface area contributed by atoms with Crippen LogP contribution in [0, 0.1) is 0 Å². The molecule has 90 valence electrons. The monoisotopic (exact) mass is 238 g/mol. The van der Waals surface area contributed by atoms with E-state index in [9.17, 15) is 0 Å². The fourth-order valence-corrected chi connectivity index (χ4v) is 3.56. The van der Waals surface area contributed by atoms with E-state index in [4.69, 9.17) is 0 Å². The van der Waals surface area contributed by atoms with Gasteiger partial charge in [-0.2, -0.15) is 0 Å². The molecule has 1 fully saturated rings. The average molecular weight is 238 g/mol. The lowest BCUT2D eigenvalue weighted by molar-refractivity contribution is 0.144. The van der Waals surface area contributed by atoms with Crippen molar-refractivity contribution in [3.8, 4) is 0 Å². The van der Waals surface area contributed by atoms with Crippen LogP contribution in [0.15, 0.2) is 17.5 Å². The molecule has 16 heavy (non-hydrogen) atoms. The molecule has 2 heterocycles. The number of rotatable bonds is 4. The molecule has 0 aromatic carbocycles. The van der Waals surface area contributed by atoms with E-state index in [0.29, 0.717) is 6.04 Å². The zero-order valence-electron chi connectivity index (χ0n) is 10.3. The Bertz CT molecular complexity index is 289. The Morgan fingerprint density at radius 1 is 1.50 bits per heavy atom. The standard InChI is InChI=1S/C13H22N2S/c1-3-12(13-5-4-10-16-13)15-8-6-11(14-2)7-9-15/h4-5,10-12,14H,3,6-9H2,1-2H3. The van der Waals surface area contributed by atoms with E-state index < -0.39 is 0 Å². The maximum absolute atomic E-state index is 3.39. The van der Waals surface area contributed by atoms with Gasteiger partial charge in [-0.3, -0.25) is 4.90 Å². The molecule has 1 aliphatic rings. The maximum Gasteiger partial charge on any atom is 0.0438 e. The van der Waals surface area contributed by atoms with Gasteiger partial charge < -0.3 is 5.32 Å². The highest BCUT2D eigenvalue weighted by atomic mass is 32.1. The summed E-state index contributed by atoms with van der Waals surface area (Å²) in [5, 5.41) is 5.58. The molecule has 1 aliphatic heterocycles. The summed E-state index contributed by atoms with van der Waals surface area (Å²) >= 11 is 1.90. The molecular weight excluding hydrogens is 216 g/mol. The second-order valence-electron chi connectivity index (χ2n) is 4.54. The highest BCUT2D eigenvalue weighted by Gasteiger charge is 2.24. The average Bonchev–Trinajstić information content (AvgIpc) is 2.85. The highest BCUT2D eigenvalue weighted by Crippen LogP contribution is 2.30. The molecule has 0 amide bonds. The number of hydrogen-bond donors (Lipinski definition) is 1. The predicted octanol–water partition coefficient (Wildman–Crippen LogP) is 2.88. The first-order chi connectivity index (χ1) is 7.85. The normalized spacial score (nSPS) is 21.1. The van der Waals surface area contributed by atoms with Crippen LogP contribution in [0.4, 0.5) is 0 Å². The zero-order valence-corrected chi connectivity index (χ0v) is 11.1. The molecule has 1 aromatic heterocycles. The summed E-state index contributed by atoms with van der Waals surface area (Å²) in [4.78, 5) is 4.19. The third kappa shape index (κ3) is 2.65. The Balaban J connectivity index is 1.96. The first kappa shape index (κ1) is 12.1. The molecule has 1 N–H and O–H groups in total. The van der Waals surface area contributed by atoms with E-state index in [1.165, 1.54) is 37.2 Å². The number of likely N-dealkylation sites (tertiary alicyclic amines) is 1. The predicted molar refractivity (Wildman–Crippen MR) is 71.0 cm³/mol. The summed E-state index contributed by atoms with van der Waals surface area (Å²) < 4.78 is 0. The third-order valence-corrected chi connectivity index (χ3v) is 4.61. The van der Waals surface area contributed by atoms with Gasteiger partial charge in [-0.1, -0.05) is 13.0 Å². The molecule has 2 nitrogen and oxygen atoms in total. The molecule has 0 aliphatic carbocycles. The second kappa shape index (κ2) is 5.80. The Morgan fingerprint density at radius 2 is 2.25 bits per heavy atom. The summed E-state index contributed by atoms with van der Waals surface area (Å²) in [7, 11) is 2.08. The van der Waals surface area contributed by atoms with Crippen LogP contribution < -0.4 is 5.32 Å². The number of thiophene rings is 1. The van der Waals surface area contributed by atoms with Crippen molar-refractivity contribution in [2.75, 3.05) is 20.1 Å². The van der Waals surface area contributed by atoms with E-state index in [1.807, 2.05) is 11.3 Å². The van der Waals surface area contributed by atoms with E-state index in [0.717, 1.165) is 6.04 Å². The van der Waals surface area contributed by atoms with Crippen molar-refractivity contribution in [2.24, 2.45) is 0 Å². The van der Waals surface area contributed by atoms with Crippen LogP contribution in [0.25, 0.3) is 0 Å². The van der Waals surface area contributed by atoms with Gasteiger partial charge in [0.2, 0.25) is 0 Å². The summed E-state index contributed by atoms with van der Waals surface area (Å²) in [5.74, 6) is 0. The smallest absolute Gasteiger partial charge is 0.0438 e. The fraction of sp³-hybridized carbons (Fsp3) is 0.692. The third-order valence-electron chi connectivity index (χ3n) is 3.64. The van der Waals surface area contributed by atoms with Crippen LogP contribution in [0.2, 0.25) is 0 Å². The van der Waals surface area contributed by atoms with Gasteiger partial charge in [0, 0.05) is 30.1 Å². The van der Waals surface area contributed by atoms with Crippen molar-refractivity contribution in [2.45, 2.75) is 38.3 Å². The van der Waals surface area contributed by atoms with Crippen LogP contribution in [0.1, 0.15) is 37.1 Å². The topological polar surface area (TPSA) is 15.3 Å². The molecule has 1 unspecified atom stereocenters. The molecule has 3 heteroatoms. The van der Waals surface area contributed by atoms with Gasteiger partial charge in [0.15, 0.2) is 0 Å². The second-order valence-corrected chi connectivity index (χ2v) is 5.52. The molecule has 1 saturated heterocycles. The van der Waals surface area contributed by atoms with Crippen LogP contribution >= 0.6 is 11.3 Å². The minimum absolute atomic E-state index is 0.651. The van der Waals surface area contributed by atoms with Gasteiger partial charge in [-0.05, 0) is 37.8 Å². The molecule has 2 rings (SSSR count). The van der Waals surface area contributed by atoms with Crippen LogP contribution in [0.3, 0.4) is 0 Å². The summed E-state index contributed by atoms with van der Waals surface area (Å²) in [6.45, 7) is 4.78. The maximum atomic E-state index is 3.39. The summed E-state index contributed by atoms with van der Waals surface area (Å²) in [5.41, 5.74) is 0. The summed E-state index contributed by atoms with van der Waals surface area (Å²) in [6.07, 6.45) is 3.81. The van der Waals surface area contributed by atoms with Gasteiger partial charge in [-0.25, -0.2) is 0 Å². The zero-order chi connectivity index (χ0) is 11.4. The lowest BCUT2D eigenvalue weighted by atomic mass is 10.0. The van der Waals surface area contributed by atoms with Crippen molar-refractivity contribution in [3.63, 3.8) is 0 Å². The van der Waals surface area contributed by atoms with E-state index >= 15 is 0 Å². The Labute approximate surface area is 103 Å². The SMILES string of the molecule is CCC(c1cccs1)N1CCC(NC)CC1. The number of piperidine rings is 1. The number of nitrogens with zero attached hydrogens (tertiary/aromatic N) is 1. The van der Waals surface area contributed by atoms with Crippen LogP contribution in [-0.2, 0) is 0 Å². The Hall–Kier alpha value is -0.380. The lowest BCUT2D eigenvalue weighted by Gasteiger charge is -2.36. The van der Waals surface area contributed by atoms with Gasteiger partial charge in [0.05, 0.1) is 0 Å². The largest absolute Gasteiger partial charge is 0.317 e. The molecule has 0 bridgehead atoms. The van der Waals surface area contributed by atoms with Crippen LogP contribution in [0.5, 0.6) is 0 Å². The van der Waals surface area contributed by atoms with Crippen LogP contribution in [-0.4, -0.2) is 31.1 Å². The van der Waals surface area contributed by atoms with Crippen molar-refractivity contribution in [3.05, 3.63) is 22.4 Å². The van der Waals surface area contributed by atoms with E-state index in [-0.39, 0.29) is 0 Å². The van der Waals surface area contributed by atoms with Crippen molar-refractivity contribution in [1.82, 2.24) is 10.2 Å². The van der Waals surface area contributed by atoms with Gasteiger partial charge >= 0.3 is 0 Å². The highest BCUT2D eigenvalue weighted by molar-refractivity contribution is 7.10. The lowest BCUT2D eigenvalue weighted by Crippen LogP contribution is -2.42. The number of hydrogen-bond acceptors (Lipinski definition) is 3. The molecule has 1 aromatic rings. The quantitative estimate of drug-likeness (QED) is 0.867. The number of nitrogens with one attached hydrogen (secondary N) is 1. The van der Waals surface area contributed by atoms with Gasteiger partial charge in [0.1, 0.15) is 0 Å². The Kier molecular flexibility index (Phi) is 4.38. The fourth-order valence-electron chi connectivity index (χ4n) is 2.62. The minimum atomic E-state index is 0.651. The first-order valence-electron chi connectivity index (χ1n) is 6.30. The van der Waals surface area contributed by atoms with Crippen molar-refractivity contribution >= 4 is 11.3 Å². The van der Waals surface area contributed by atoms with Crippen molar-refractivity contribution < 1.29 is 0 Å². The van der Waals surface area contributed by atoms with Gasteiger partial charge in [0.25, 0.3) is 0 Å². The Morgan fingerprint density at radius 3 is 2.75 bits per heavy atom. The van der Waals surface area contributed by atoms with E-state index in [1.54, 1.807) is 0 Å². The molecular formula is C13H22N2S. The van der Waals surface area contributed by atoms with E-state index in [2.05, 4.69) is 41.7 Å². The minimum Gasteiger partial charge on any atom is -0.317 e. The van der Waals surface area contributed by atoms with Crippen molar-refractivity contribution in [1.29, 1.82) is 0 Å².